The summed E-state index contributed by atoms with van der Waals surface area (Å²) >= 11 is 0. The van der Waals surface area contributed by atoms with Gasteiger partial charge in [0, 0.05) is 12.7 Å². The van der Waals surface area contributed by atoms with Crippen LogP contribution < -0.4 is 11.1 Å². The lowest BCUT2D eigenvalue weighted by Crippen LogP contribution is -2.26. The second-order valence-corrected chi connectivity index (χ2v) is 4.11. The van der Waals surface area contributed by atoms with E-state index in [1.54, 1.807) is 12.3 Å². The number of nitrogens with two attached hydrogens (primary N) is 1. The number of hydrogen-bond donors (Lipinski definition) is 3. The third-order valence-electron chi connectivity index (χ3n) is 2.81. The average molecular weight is 244 g/mol. The number of nitrogens with one attached hydrogen (secondary N) is 2. The molecule has 0 fully saturated rings. The van der Waals surface area contributed by atoms with Crippen molar-refractivity contribution in [2.24, 2.45) is 5.73 Å². The van der Waals surface area contributed by atoms with Crippen molar-refractivity contribution < 1.29 is 4.79 Å². The number of rotatable bonds is 4. The van der Waals surface area contributed by atoms with E-state index in [0.29, 0.717) is 12.2 Å². The van der Waals surface area contributed by atoms with Gasteiger partial charge in [-0.05, 0) is 24.1 Å². The Bertz CT molecular complexity index is 504. The molecule has 0 bridgehead atoms. The summed E-state index contributed by atoms with van der Waals surface area (Å²) in [5, 5.41) is 9.27. The normalized spacial score (nSPS) is 12.1. The first-order chi connectivity index (χ1) is 8.70. The number of aromatic amines is 1. The highest BCUT2D eigenvalue weighted by molar-refractivity contribution is 5.92. The largest absolute Gasteiger partial charge is 0.344 e. The Balaban J connectivity index is 2.02. The molecule has 0 aliphatic carbocycles. The maximum Gasteiger partial charge on any atom is 0.269 e. The van der Waals surface area contributed by atoms with Gasteiger partial charge in [-0.3, -0.25) is 9.89 Å². The molecule has 1 amide bonds. The molecule has 5 nitrogen and oxygen atoms in total. The minimum atomic E-state index is -0.164. The number of benzene rings is 1. The van der Waals surface area contributed by atoms with Crippen molar-refractivity contribution in [3.05, 3.63) is 53.3 Å². The van der Waals surface area contributed by atoms with Gasteiger partial charge in [0.2, 0.25) is 0 Å². The molecular weight excluding hydrogens is 228 g/mol. The maximum atomic E-state index is 11.8. The van der Waals surface area contributed by atoms with Crippen LogP contribution in [0.2, 0.25) is 0 Å². The Morgan fingerprint density at radius 3 is 2.67 bits per heavy atom. The fourth-order valence-corrected chi connectivity index (χ4v) is 1.68. The van der Waals surface area contributed by atoms with E-state index in [1.165, 1.54) is 0 Å². The summed E-state index contributed by atoms with van der Waals surface area (Å²) in [6.45, 7) is 2.46. The van der Waals surface area contributed by atoms with E-state index in [4.69, 9.17) is 5.73 Å². The number of H-pyrrole nitrogens is 1. The highest BCUT2D eigenvalue weighted by atomic mass is 16.2. The lowest BCUT2D eigenvalue weighted by Gasteiger charge is -2.14. The van der Waals surface area contributed by atoms with E-state index in [-0.39, 0.29) is 11.9 Å². The van der Waals surface area contributed by atoms with Crippen LogP contribution in [-0.2, 0) is 6.54 Å². The molecule has 1 aromatic heterocycles. The van der Waals surface area contributed by atoms with E-state index < -0.39 is 0 Å². The molecule has 1 unspecified atom stereocenters. The third kappa shape index (κ3) is 2.75. The van der Waals surface area contributed by atoms with Crippen LogP contribution >= 0.6 is 0 Å². The first-order valence-corrected chi connectivity index (χ1v) is 5.80. The van der Waals surface area contributed by atoms with Crippen LogP contribution in [0.1, 0.15) is 34.6 Å². The van der Waals surface area contributed by atoms with Crippen molar-refractivity contribution in [3.63, 3.8) is 0 Å². The highest BCUT2D eigenvalue weighted by Gasteiger charge is 2.11. The highest BCUT2D eigenvalue weighted by Crippen LogP contribution is 2.13. The van der Waals surface area contributed by atoms with E-state index in [1.807, 2.05) is 31.2 Å². The zero-order valence-electron chi connectivity index (χ0n) is 10.2. The van der Waals surface area contributed by atoms with Gasteiger partial charge in [0.05, 0.1) is 6.04 Å². The fraction of sp³-hybridized carbons (Fsp3) is 0.231. The molecule has 1 heterocycles. The quantitative estimate of drug-likeness (QED) is 0.759. The molecule has 1 aromatic carbocycles. The van der Waals surface area contributed by atoms with E-state index in [0.717, 1.165) is 11.1 Å². The molecule has 2 aromatic rings. The summed E-state index contributed by atoms with van der Waals surface area (Å²) in [5.74, 6) is -0.164. The fourth-order valence-electron chi connectivity index (χ4n) is 1.68. The van der Waals surface area contributed by atoms with Gasteiger partial charge < -0.3 is 11.1 Å². The topological polar surface area (TPSA) is 83.8 Å². The first-order valence-electron chi connectivity index (χ1n) is 5.80. The number of carbonyl (C=O) groups excluding carboxylic acids is 1. The SMILES string of the molecule is CC(NC(=O)c1ccn[nH]1)c1ccc(CN)cc1. The Hall–Kier alpha value is -2.14. The van der Waals surface area contributed by atoms with Gasteiger partial charge in [-0.25, -0.2) is 0 Å². The van der Waals surface area contributed by atoms with Crippen molar-refractivity contribution in [2.75, 3.05) is 0 Å². The van der Waals surface area contributed by atoms with Crippen LogP contribution in [0.3, 0.4) is 0 Å². The molecule has 0 spiro atoms. The number of amides is 1. The molecule has 0 radical (unpaired) electrons. The molecule has 4 N–H and O–H groups in total. The van der Waals surface area contributed by atoms with Crippen molar-refractivity contribution in [2.45, 2.75) is 19.5 Å². The van der Waals surface area contributed by atoms with Crippen LogP contribution in [0.5, 0.6) is 0 Å². The van der Waals surface area contributed by atoms with E-state index >= 15 is 0 Å². The van der Waals surface area contributed by atoms with Crippen molar-refractivity contribution in [1.82, 2.24) is 15.5 Å². The zero-order chi connectivity index (χ0) is 13.0. The van der Waals surface area contributed by atoms with Crippen molar-refractivity contribution in [3.8, 4) is 0 Å². The molecule has 5 heteroatoms. The number of aromatic nitrogens is 2. The second-order valence-electron chi connectivity index (χ2n) is 4.11. The Kier molecular flexibility index (Phi) is 3.74. The van der Waals surface area contributed by atoms with Crippen LogP contribution in [0.4, 0.5) is 0 Å². The Morgan fingerprint density at radius 1 is 1.39 bits per heavy atom. The van der Waals surface area contributed by atoms with E-state index in [9.17, 15) is 4.79 Å². The minimum Gasteiger partial charge on any atom is -0.344 e. The molecule has 0 aliphatic rings. The Labute approximate surface area is 105 Å². The summed E-state index contributed by atoms with van der Waals surface area (Å²) in [6.07, 6.45) is 1.55. The Morgan fingerprint density at radius 2 is 2.11 bits per heavy atom. The van der Waals surface area contributed by atoms with Gasteiger partial charge in [0.1, 0.15) is 5.69 Å². The van der Waals surface area contributed by atoms with Gasteiger partial charge in [0.15, 0.2) is 0 Å². The van der Waals surface area contributed by atoms with Crippen molar-refractivity contribution >= 4 is 5.91 Å². The van der Waals surface area contributed by atoms with Gasteiger partial charge >= 0.3 is 0 Å². The second kappa shape index (κ2) is 5.46. The maximum absolute atomic E-state index is 11.8. The number of hydrogen-bond acceptors (Lipinski definition) is 3. The smallest absolute Gasteiger partial charge is 0.269 e. The van der Waals surface area contributed by atoms with Crippen LogP contribution in [0.15, 0.2) is 36.5 Å². The first kappa shape index (κ1) is 12.3. The van der Waals surface area contributed by atoms with Crippen LogP contribution in [-0.4, -0.2) is 16.1 Å². The zero-order valence-corrected chi connectivity index (χ0v) is 10.2. The average Bonchev–Trinajstić information content (AvgIpc) is 2.92. The molecular formula is C13H16N4O. The number of carbonyl (C=O) groups is 1. The molecule has 0 saturated carbocycles. The molecule has 1 atom stereocenters. The molecule has 18 heavy (non-hydrogen) atoms. The van der Waals surface area contributed by atoms with Gasteiger partial charge in [-0.15, -0.1) is 0 Å². The molecule has 94 valence electrons. The monoisotopic (exact) mass is 244 g/mol. The molecule has 2 rings (SSSR count). The summed E-state index contributed by atoms with van der Waals surface area (Å²) < 4.78 is 0. The standard InChI is InChI=1S/C13H16N4O/c1-9(11-4-2-10(8-14)3-5-11)16-13(18)12-6-7-15-17-12/h2-7,9H,8,14H2,1H3,(H,15,17)(H,16,18). The summed E-state index contributed by atoms with van der Waals surface area (Å²) in [6, 6.07) is 9.45. The minimum absolute atomic E-state index is 0.0624. The van der Waals surface area contributed by atoms with Gasteiger partial charge in [0.25, 0.3) is 5.91 Å². The van der Waals surface area contributed by atoms with E-state index in [2.05, 4.69) is 15.5 Å². The van der Waals surface area contributed by atoms with Crippen LogP contribution in [0, 0.1) is 0 Å². The lowest BCUT2D eigenvalue weighted by atomic mass is 10.1. The molecule has 0 saturated heterocycles. The third-order valence-corrected chi connectivity index (χ3v) is 2.81. The van der Waals surface area contributed by atoms with Gasteiger partial charge in [-0.2, -0.15) is 5.10 Å². The van der Waals surface area contributed by atoms with Crippen LogP contribution in [0.25, 0.3) is 0 Å². The lowest BCUT2D eigenvalue weighted by molar-refractivity contribution is 0.0935. The summed E-state index contributed by atoms with van der Waals surface area (Å²) in [5.41, 5.74) is 8.12. The predicted molar refractivity (Wildman–Crippen MR) is 68.8 cm³/mol. The summed E-state index contributed by atoms with van der Waals surface area (Å²) in [7, 11) is 0. The van der Waals surface area contributed by atoms with Crippen molar-refractivity contribution in [1.29, 1.82) is 0 Å². The number of nitrogens with zero attached hydrogens (tertiary/aromatic N) is 1. The van der Waals surface area contributed by atoms with Gasteiger partial charge in [-0.1, -0.05) is 24.3 Å². The molecule has 0 aliphatic heterocycles. The predicted octanol–water partition coefficient (Wildman–Crippen LogP) is 1.36. The summed E-state index contributed by atoms with van der Waals surface area (Å²) in [4.78, 5) is 11.8.